The summed E-state index contributed by atoms with van der Waals surface area (Å²) >= 11 is 0. The maximum atomic E-state index is 10.8. The SMILES string of the molecule is CN1CCCC(CNc2ccc([N+](=O)[O-])c(C#N)c2)C1. The maximum absolute atomic E-state index is 10.8. The molecule has 0 saturated carbocycles. The first-order valence-corrected chi connectivity index (χ1v) is 6.71. The molecular weight excluding hydrogens is 256 g/mol. The molecule has 1 atom stereocenters. The summed E-state index contributed by atoms with van der Waals surface area (Å²) in [5.74, 6) is 0.578. The molecule has 1 saturated heterocycles. The van der Waals surface area contributed by atoms with E-state index < -0.39 is 4.92 Å². The molecule has 2 rings (SSSR count). The Morgan fingerprint density at radius 3 is 3.05 bits per heavy atom. The first-order chi connectivity index (χ1) is 9.60. The van der Waals surface area contributed by atoms with Gasteiger partial charge in [0.15, 0.2) is 0 Å². The van der Waals surface area contributed by atoms with E-state index in [9.17, 15) is 10.1 Å². The first-order valence-electron chi connectivity index (χ1n) is 6.71. The molecule has 0 radical (unpaired) electrons. The van der Waals surface area contributed by atoms with E-state index in [1.54, 1.807) is 12.1 Å². The first kappa shape index (κ1) is 14.3. The molecule has 1 aromatic carbocycles. The van der Waals surface area contributed by atoms with E-state index in [0.29, 0.717) is 5.92 Å². The quantitative estimate of drug-likeness (QED) is 0.672. The highest BCUT2D eigenvalue weighted by Crippen LogP contribution is 2.23. The molecule has 6 nitrogen and oxygen atoms in total. The summed E-state index contributed by atoms with van der Waals surface area (Å²) in [6, 6.07) is 6.46. The van der Waals surface area contributed by atoms with Gasteiger partial charge in [-0.25, -0.2) is 0 Å². The number of nitriles is 1. The molecular formula is C14H18N4O2. The molecule has 0 spiro atoms. The Bertz CT molecular complexity index is 538. The van der Waals surface area contributed by atoms with Crippen molar-refractivity contribution in [2.45, 2.75) is 12.8 Å². The van der Waals surface area contributed by atoms with Gasteiger partial charge in [0.05, 0.1) is 4.92 Å². The van der Waals surface area contributed by atoms with Crippen LogP contribution in [0.1, 0.15) is 18.4 Å². The second kappa shape index (κ2) is 6.35. The van der Waals surface area contributed by atoms with E-state index >= 15 is 0 Å². The lowest BCUT2D eigenvalue weighted by Gasteiger charge is -2.29. The minimum absolute atomic E-state index is 0.0979. The summed E-state index contributed by atoms with van der Waals surface area (Å²) in [6.07, 6.45) is 2.39. The fraction of sp³-hybridized carbons (Fsp3) is 0.500. The Labute approximate surface area is 118 Å². The van der Waals surface area contributed by atoms with Gasteiger partial charge in [0.2, 0.25) is 0 Å². The van der Waals surface area contributed by atoms with Crippen LogP contribution in [0.4, 0.5) is 11.4 Å². The molecule has 0 amide bonds. The number of piperidine rings is 1. The molecule has 0 bridgehead atoms. The fourth-order valence-corrected chi connectivity index (χ4v) is 2.60. The lowest BCUT2D eigenvalue weighted by atomic mass is 9.98. The van der Waals surface area contributed by atoms with Crippen LogP contribution < -0.4 is 5.32 Å². The Kier molecular flexibility index (Phi) is 4.53. The number of anilines is 1. The zero-order valence-corrected chi connectivity index (χ0v) is 11.5. The van der Waals surface area contributed by atoms with Crippen LogP contribution >= 0.6 is 0 Å². The average molecular weight is 274 g/mol. The highest BCUT2D eigenvalue weighted by Gasteiger charge is 2.18. The predicted octanol–water partition coefficient (Wildman–Crippen LogP) is 2.22. The maximum Gasteiger partial charge on any atom is 0.287 e. The molecule has 1 aromatic rings. The van der Waals surface area contributed by atoms with Gasteiger partial charge < -0.3 is 10.2 Å². The Morgan fingerprint density at radius 1 is 1.60 bits per heavy atom. The van der Waals surface area contributed by atoms with E-state index in [1.165, 1.54) is 18.9 Å². The van der Waals surface area contributed by atoms with E-state index in [2.05, 4.69) is 17.3 Å². The average Bonchev–Trinajstić information content (AvgIpc) is 2.44. The van der Waals surface area contributed by atoms with E-state index in [1.807, 2.05) is 6.07 Å². The Morgan fingerprint density at radius 2 is 2.40 bits per heavy atom. The van der Waals surface area contributed by atoms with Crippen molar-refractivity contribution in [1.82, 2.24) is 4.90 Å². The number of rotatable bonds is 4. The van der Waals surface area contributed by atoms with Gasteiger partial charge in [0.25, 0.3) is 5.69 Å². The molecule has 1 unspecified atom stereocenters. The Balaban J connectivity index is 2.00. The summed E-state index contributed by atoms with van der Waals surface area (Å²) in [7, 11) is 2.12. The second-order valence-electron chi connectivity index (χ2n) is 5.25. The summed E-state index contributed by atoms with van der Waals surface area (Å²) in [5.41, 5.74) is 0.719. The third-order valence-electron chi connectivity index (χ3n) is 3.63. The largest absolute Gasteiger partial charge is 0.385 e. The van der Waals surface area contributed by atoms with Crippen molar-refractivity contribution in [2.75, 3.05) is 32.0 Å². The van der Waals surface area contributed by atoms with Gasteiger partial charge in [0, 0.05) is 24.8 Å². The molecule has 1 aliphatic heterocycles. The van der Waals surface area contributed by atoms with Crippen LogP contribution in [-0.2, 0) is 0 Å². The van der Waals surface area contributed by atoms with E-state index in [4.69, 9.17) is 5.26 Å². The molecule has 0 aromatic heterocycles. The second-order valence-corrected chi connectivity index (χ2v) is 5.25. The molecule has 106 valence electrons. The van der Waals surface area contributed by atoms with Crippen LogP contribution in [0.3, 0.4) is 0 Å². The van der Waals surface area contributed by atoms with Crippen molar-refractivity contribution >= 4 is 11.4 Å². The zero-order valence-electron chi connectivity index (χ0n) is 11.5. The molecule has 0 aliphatic carbocycles. The minimum atomic E-state index is -0.529. The molecule has 1 aliphatic rings. The monoisotopic (exact) mass is 274 g/mol. The van der Waals surface area contributed by atoms with Crippen molar-refractivity contribution in [2.24, 2.45) is 5.92 Å². The standard InChI is InChI=1S/C14H18N4O2/c1-17-6-2-3-11(10-17)9-16-13-4-5-14(18(19)20)12(7-13)8-15/h4-5,7,11,16H,2-3,6,9-10H2,1H3. The third kappa shape index (κ3) is 3.45. The summed E-state index contributed by atoms with van der Waals surface area (Å²) in [4.78, 5) is 12.5. The number of nitrogens with one attached hydrogen (secondary N) is 1. The molecule has 6 heteroatoms. The normalized spacial score (nSPS) is 19.3. The van der Waals surface area contributed by atoms with Crippen molar-refractivity contribution in [3.63, 3.8) is 0 Å². The number of hydrogen-bond donors (Lipinski definition) is 1. The number of nitrogens with zero attached hydrogens (tertiary/aromatic N) is 3. The fourth-order valence-electron chi connectivity index (χ4n) is 2.60. The molecule has 1 N–H and O–H groups in total. The number of nitro groups is 1. The van der Waals surface area contributed by atoms with Crippen LogP contribution in [0.15, 0.2) is 18.2 Å². The van der Waals surface area contributed by atoms with Crippen molar-refractivity contribution in [3.05, 3.63) is 33.9 Å². The van der Waals surface area contributed by atoms with Gasteiger partial charge in [-0.05, 0) is 44.5 Å². The van der Waals surface area contributed by atoms with Crippen LogP contribution in [0.5, 0.6) is 0 Å². The van der Waals surface area contributed by atoms with Gasteiger partial charge in [-0.2, -0.15) is 5.26 Å². The number of nitro benzene ring substituents is 1. The molecule has 20 heavy (non-hydrogen) atoms. The highest BCUT2D eigenvalue weighted by atomic mass is 16.6. The van der Waals surface area contributed by atoms with Crippen molar-refractivity contribution < 1.29 is 4.92 Å². The van der Waals surface area contributed by atoms with Gasteiger partial charge in [0.1, 0.15) is 11.6 Å². The summed E-state index contributed by atoms with van der Waals surface area (Å²) in [6.45, 7) is 3.03. The summed E-state index contributed by atoms with van der Waals surface area (Å²) in [5, 5.41) is 23.0. The summed E-state index contributed by atoms with van der Waals surface area (Å²) < 4.78 is 0. The van der Waals surface area contributed by atoms with E-state index in [0.717, 1.165) is 25.3 Å². The highest BCUT2D eigenvalue weighted by molar-refractivity contribution is 5.58. The van der Waals surface area contributed by atoms with E-state index in [-0.39, 0.29) is 11.3 Å². The molecule has 1 heterocycles. The number of likely N-dealkylation sites (tertiary alicyclic amines) is 1. The lowest BCUT2D eigenvalue weighted by Crippen LogP contribution is -2.35. The number of hydrogen-bond acceptors (Lipinski definition) is 5. The Hall–Kier alpha value is -2.13. The van der Waals surface area contributed by atoms with Crippen LogP contribution in [0.2, 0.25) is 0 Å². The lowest BCUT2D eigenvalue weighted by molar-refractivity contribution is -0.385. The van der Waals surface area contributed by atoms with Crippen molar-refractivity contribution in [3.8, 4) is 6.07 Å². The topological polar surface area (TPSA) is 82.2 Å². The smallest absolute Gasteiger partial charge is 0.287 e. The number of benzene rings is 1. The van der Waals surface area contributed by atoms with Gasteiger partial charge in [-0.3, -0.25) is 10.1 Å². The molecule has 1 fully saturated rings. The minimum Gasteiger partial charge on any atom is -0.385 e. The van der Waals surface area contributed by atoms with Gasteiger partial charge in [-0.1, -0.05) is 0 Å². The van der Waals surface area contributed by atoms with Gasteiger partial charge >= 0.3 is 0 Å². The zero-order chi connectivity index (χ0) is 14.5. The third-order valence-corrected chi connectivity index (χ3v) is 3.63. The van der Waals surface area contributed by atoms with Crippen molar-refractivity contribution in [1.29, 1.82) is 5.26 Å². The van der Waals surface area contributed by atoms with Crippen LogP contribution in [-0.4, -0.2) is 36.5 Å². The van der Waals surface area contributed by atoms with Crippen LogP contribution in [0.25, 0.3) is 0 Å². The predicted molar refractivity (Wildman–Crippen MR) is 76.5 cm³/mol. The van der Waals surface area contributed by atoms with Gasteiger partial charge in [-0.15, -0.1) is 0 Å². The van der Waals surface area contributed by atoms with Crippen LogP contribution in [0, 0.1) is 27.4 Å².